The van der Waals surface area contributed by atoms with E-state index < -0.39 is 24.7 Å². The van der Waals surface area contributed by atoms with Gasteiger partial charge in [-0.1, -0.05) is 11.8 Å². The number of nitrogens with zero attached hydrogens (tertiary/aromatic N) is 3. The van der Waals surface area contributed by atoms with Crippen LogP contribution in [0.15, 0.2) is 21.8 Å². The number of ether oxygens (including phenoxy) is 3. The van der Waals surface area contributed by atoms with Crippen molar-refractivity contribution >= 4 is 17.7 Å². The number of alkyl halides is 3. The van der Waals surface area contributed by atoms with Gasteiger partial charge in [0, 0.05) is 11.6 Å². The predicted octanol–water partition coefficient (Wildman–Crippen LogP) is 4.04. The molecule has 176 valence electrons. The monoisotopic (exact) mass is 475 g/mol. The van der Waals surface area contributed by atoms with Crippen molar-refractivity contribution in [2.24, 2.45) is 5.92 Å². The number of amides is 1. The van der Waals surface area contributed by atoms with Crippen LogP contribution in [0.25, 0.3) is 11.5 Å². The second-order valence-electron chi connectivity index (χ2n) is 7.29. The molecule has 1 amide bonds. The zero-order chi connectivity index (χ0) is 23.5. The summed E-state index contributed by atoms with van der Waals surface area (Å²) in [5.41, 5.74) is 0.492. The van der Waals surface area contributed by atoms with Crippen molar-refractivity contribution in [3.05, 3.63) is 12.1 Å². The van der Waals surface area contributed by atoms with Gasteiger partial charge in [0.1, 0.15) is 6.54 Å². The normalized spacial score (nSPS) is 14.7. The van der Waals surface area contributed by atoms with Gasteiger partial charge in [0.05, 0.1) is 27.1 Å². The molecule has 8 nitrogen and oxygen atoms in total. The van der Waals surface area contributed by atoms with E-state index in [-0.39, 0.29) is 22.8 Å². The number of aromatic nitrogens is 2. The summed E-state index contributed by atoms with van der Waals surface area (Å²) in [7, 11) is 4.42. The minimum atomic E-state index is -4.46. The van der Waals surface area contributed by atoms with Crippen LogP contribution in [0.5, 0.6) is 17.2 Å². The van der Waals surface area contributed by atoms with Crippen molar-refractivity contribution in [1.29, 1.82) is 0 Å². The number of carbonyl (C=O) groups is 1. The zero-order valence-corrected chi connectivity index (χ0v) is 18.9. The Bertz CT molecular complexity index is 924. The van der Waals surface area contributed by atoms with Crippen molar-refractivity contribution in [2.45, 2.75) is 37.2 Å². The minimum Gasteiger partial charge on any atom is -0.493 e. The minimum absolute atomic E-state index is 0.0631. The lowest BCUT2D eigenvalue weighted by atomic mass is 10.2. The van der Waals surface area contributed by atoms with Gasteiger partial charge in [-0.25, -0.2) is 0 Å². The van der Waals surface area contributed by atoms with E-state index in [9.17, 15) is 18.0 Å². The Hall–Kier alpha value is -2.63. The van der Waals surface area contributed by atoms with Crippen LogP contribution < -0.4 is 14.2 Å². The van der Waals surface area contributed by atoms with Crippen LogP contribution in [0.3, 0.4) is 0 Å². The fraction of sp³-hybridized carbons (Fsp3) is 0.550. The Balaban J connectivity index is 1.71. The third kappa shape index (κ3) is 5.78. The maximum absolute atomic E-state index is 13.0. The van der Waals surface area contributed by atoms with Crippen LogP contribution in [0.4, 0.5) is 13.2 Å². The second kappa shape index (κ2) is 9.88. The standard InChI is InChI=1S/C20H24F3N3O5S/c1-11(12-5-6-12)26(10-20(21,22)23)16(27)9-32-19-25-24-18(31-19)13-7-14(28-2)17(30-4)15(8-13)29-3/h7-8,11-12H,5-6,9-10H2,1-4H3. The molecular formula is C20H24F3N3O5S. The molecule has 12 heteroatoms. The number of thioether (sulfide) groups is 1. The molecule has 1 aliphatic carbocycles. The van der Waals surface area contributed by atoms with Crippen molar-refractivity contribution in [2.75, 3.05) is 33.6 Å². The van der Waals surface area contributed by atoms with E-state index in [1.165, 1.54) is 21.3 Å². The zero-order valence-electron chi connectivity index (χ0n) is 18.1. The van der Waals surface area contributed by atoms with Gasteiger partial charge in [-0.2, -0.15) is 13.2 Å². The summed E-state index contributed by atoms with van der Waals surface area (Å²) < 4.78 is 60.4. The van der Waals surface area contributed by atoms with Crippen LogP contribution in [-0.2, 0) is 4.79 Å². The van der Waals surface area contributed by atoms with E-state index >= 15 is 0 Å². The molecule has 1 aromatic carbocycles. The molecule has 32 heavy (non-hydrogen) atoms. The summed E-state index contributed by atoms with van der Waals surface area (Å²) in [6.45, 7) is 0.381. The van der Waals surface area contributed by atoms with Crippen LogP contribution in [0.2, 0.25) is 0 Å². The number of hydrogen-bond acceptors (Lipinski definition) is 8. The molecule has 1 aromatic heterocycles. The lowest BCUT2D eigenvalue weighted by Gasteiger charge is -2.30. The van der Waals surface area contributed by atoms with Gasteiger partial charge in [0.2, 0.25) is 17.5 Å². The van der Waals surface area contributed by atoms with Gasteiger partial charge < -0.3 is 23.5 Å². The summed E-state index contributed by atoms with van der Waals surface area (Å²) in [5.74, 6) is 0.554. The Labute approximate surface area is 187 Å². The van der Waals surface area contributed by atoms with E-state index in [0.29, 0.717) is 22.8 Å². The van der Waals surface area contributed by atoms with Gasteiger partial charge >= 0.3 is 6.18 Å². The SMILES string of the molecule is COc1cc(-c2nnc(SCC(=O)N(CC(F)(F)F)C(C)C3CC3)o2)cc(OC)c1OC. The lowest BCUT2D eigenvalue weighted by Crippen LogP contribution is -2.46. The molecule has 1 atom stereocenters. The van der Waals surface area contributed by atoms with Crippen molar-refractivity contribution in [1.82, 2.24) is 15.1 Å². The molecule has 0 bridgehead atoms. The molecule has 2 aromatic rings. The first kappa shape index (κ1) is 24.0. The average molecular weight is 475 g/mol. The molecule has 0 radical (unpaired) electrons. The first-order chi connectivity index (χ1) is 15.2. The molecule has 0 spiro atoms. The fourth-order valence-electron chi connectivity index (χ4n) is 3.28. The quantitative estimate of drug-likeness (QED) is 0.476. The molecule has 1 unspecified atom stereocenters. The summed E-state index contributed by atoms with van der Waals surface area (Å²) in [6, 6.07) is 2.77. The highest BCUT2D eigenvalue weighted by molar-refractivity contribution is 7.99. The topological polar surface area (TPSA) is 86.9 Å². The van der Waals surface area contributed by atoms with Crippen molar-refractivity contribution < 1.29 is 36.6 Å². The molecule has 0 aliphatic heterocycles. The summed E-state index contributed by atoms with van der Waals surface area (Å²) in [4.78, 5) is 13.4. The molecule has 1 heterocycles. The first-order valence-corrected chi connectivity index (χ1v) is 10.8. The van der Waals surface area contributed by atoms with Crippen LogP contribution in [0.1, 0.15) is 19.8 Å². The van der Waals surface area contributed by atoms with Gasteiger partial charge in [-0.15, -0.1) is 10.2 Å². The predicted molar refractivity (Wildman–Crippen MR) is 110 cm³/mol. The van der Waals surface area contributed by atoms with Crippen molar-refractivity contribution in [3.8, 4) is 28.7 Å². The highest BCUT2D eigenvalue weighted by Gasteiger charge is 2.40. The molecule has 1 fully saturated rings. The highest BCUT2D eigenvalue weighted by atomic mass is 32.2. The molecular weight excluding hydrogens is 451 g/mol. The van der Waals surface area contributed by atoms with Crippen LogP contribution in [0, 0.1) is 5.92 Å². The summed E-state index contributed by atoms with van der Waals surface area (Å²) >= 11 is 0.889. The number of rotatable bonds is 10. The second-order valence-corrected chi connectivity index (χ2v) is 8.22. The van der Waals surface area contributed by atoms with Crippen LogP contribution in [-0.4, -0.2) is 66.8 Å². The number of methoxy groups -OCH3 is 3. The maximum atomic E-state index is 13.0. The largest absolute Gasteiger partial charge is 0.493 e. The number of halogens is 3. The Morgan fingerprint density at radius 2 is 1.81 bits per heavy atom. The fourth-order valence-corrected chi connectivity index (χ4v) is 3.93. The number of benzene rings is 1. The van der Waals surface area contributed by atoms with E-state index in [1.807, 2.05) is 0 Å². The Morgan fingerprint density at radius 3 is 2.31 bits per heavy atom. The average Bonchev–Trinajstić information content (AvgIpc) is 3.51. The number of carbonyl (C=O) groups excluding carboxylic acids is 1. The molecule has 3 rings (SSSR count). The van der Waals surface area contributed by atoms with E-state index in [1.54, 1.807) is 19.1 Å². The van der Waals surface area contributed by atoms with E-state index in [0.717, 1.165) is 29.5 Å². The third-order valence-corrected chi connectivity index (χ3v) is 5.91. The van der Waals surface area contributed by atoms with Gasteiger partial charge in [0.25, 0.3) is 5.22 Å². The highest BCUT2D eigenvalue weighted by Crippen LogP contribution is 2.41. The smallest absolute Gasteiger partial charge is 0.406 e. The van der Waals surface area contributed by atoms with Crippen LogP contribution >= 0.6 is 11.8 Å². The van der Waals surface area contributed by atoms with Gasteiger partial charge in [-0.05, 0) is 37.8 Å². The maximum Gasteiger partial charge on any atom is 0.406 e. The van der Waals surface area contributed by atoms with Crippen molar-refractivity contribution in [3.63, 3.8) is 0 Å². The number of hydrogen-bond donors (Lipinski definition) is 0. The molecule has 1 aliphatic rings. The Morgan fingerprint density at radius 1 is 1.19 bits per heavy atom. The van der Waals surface area contributed by atoms with Gasteiger partial charge in [0.15, 0.2) is 11.5 Å². The summed E-state index contributed by atoms with van der Waals surface area (Å²) in [6.07, 6.45) is -2.80. The summed E-state index contributed by atoms with van der Waals surface area (Å²) in [5, 5.41) is 7.90. The first-order valence-electron chi connectivity index (χ1n) is 9.79. The molecule has 1 saturated carbocycles. The third-order valence-electron chi connectivity index (χ3n) is 5.10. The molecule has 0 saturated heterocycles. The van der Waals surface area contributed by atoms with E-state index in [4.69, 9.17) is 18.6 Å². The van der Waals surface area contributed by atoms with Gasteiger partial charge in [-0.3, -0.25) is 4.79 Å². The molecule has 0 N–H and O–H groups in total. The lowest BCUT2D eigenvalue weighted by molar-refractivity contribution is -0.164. The Kier molecular flexibility index (Phi) is 7.42. The van der Waals surface area contributed by atoms with E-state index in [2.05, 4.69) is 10.2 Å².